The van der Waals surface area contributed by atoms with E-state index in [-0.39, 0.29) is 17.9 Å². The lowest BCUT2D eigenvalue weighted by molar-refractivity contribution is -0.124. The van der Waals surface area contributed by atoms with Gasteiger partial charge in [0.05, 0.1) is 6.04 Å². The highest BCUT2D eigenvalue weighted by atomic mass is 16.1. The third kappa shape index (κ3) is 3.58. The first-order chi connectivity index (χ1) is 7.95. The molecule has 0 saturated heterocycles. The first-order valence-corrected chi connectivity index (χ1v) is 6.33. The van der Waals surface area contributed by atoms with Crippen molar-refractivity contribution in [3.63, 3.8) is 0 Å². The first-order valence-electron chi connectivity index (χ1n) is 6.33. The molecule has 0 aliphatic heterocycles. The van der Waals surface area contributed by atoms with Gasteiger partial charge >= 0.3 is 0 Å². The molecule has 0 aliphatic rings. The molecule has 0 saturated carbocycles. The van der Waals surface area contributed by atoms with Gasteiger partial charge in [-0.15, -0.1) is 0 Å². The summed E-state index contributed by atoms with van der Waals surface area (Å²) in [6.07, 6.45) is 0.919. The molecule has 2 heteroatoms. The molecule has 0 unspecified atom stereocenters. The number of carbonyl (C=O) groups is 1. The van der Waals surface area contributed by atoms with Crippen molar-refractivity contribution in [1.29, 1.82) is 0 Å². The minimum Gasteiger partial charge on any atom is -0.349 e. The lowest BCUT2D eigenvalue weighted by Crippen LogP contribution is -2.31. The van der Waals surface area contributed by atoms with Crippen LogP contribution in [-0.2, 0) is 4.79 Å². The Kier molecular flexibility index (Phi) is 4.73. The van der Waals surface area contributed by atoms with E-state index < -0.39 is 0 Å². The number of hydrogen-bond donors (Lipinski definition) is 1. The third-order valence-electron chi connectivity index (χ3n) is 3.05. The number of nitrogens with one attached hydrogen (secondary N) is 1. The summed E-state index contributed by atoms with van der Waals surface area (Å²) in [5.41, 5.74) is 3.74. The molecule has 17 heavy (non-hydrogen) atoms. The minimum absolute atomic E-state index is 0.0369. The van der Waals surface area contributed by atoms with E-state index in [0.717, 1.165) is 6.42 Å². The average molecular weight is 233 g/mol. The molecule has 1 N–H and O–H groups in total. The first kappa shape index (κ1) is 13.8. The number of carbonyl (C=O) groups excluding carboxylic acids is 1. The van der Waals surface area contributed by atoms with Crippen LogP contribution in [0.3, 0.4) is 0 Å². The van der Waals surface area contributed by atoms with Gasteiger partial charge in [-0.1, -0.05) is 44.5 Å². The highest BCUT2D eigenvalue weighted by molar-refractivity contribution is 5.78. The molecule has 1 aromatic rings. The Labute approximate surface area is 104 Å². The van der Waals surface area contributed by atoms with E-state index in [1.807, 2.05) is 13.8 Å². The zero-order valence-corrected chi connectivity index (χ0v) is 11.5. The number of rotatable bonds is 4. The normalized spacial score (nSPS) is 12.6. The third-order valence-corrected chi connectivity index (χ3v) is 3.05. The second kappa shape index (κ2) is 5.85. The van der Waals surface area contributed by atoms with Crippen LogP contribution in [0.1, 0.15) is 49.9 Å². The van der Waals surface area contributed by atoms with Crippen LogP contribution < -0.4 is 5.32 Å². The van der Waals surface area contributed by atoms with Gasteiger partial charge in [0.15, 0.2) is 0 Å². The van der Waals surface area contributed by atoms with Gasteiger partial charge in [0.25, 0.3) is 0 Å². The predicted octanol–water partition coefficient (Wildman–Crippen LogP) is 3.53. The second-order valence-electron chi connectivity index (χ2n) is 4.98. The SMILES string of the molecule is CC[C@H](NC(=O)C(C)C)c1ccc(C)cc1C. The maximum absolute atomic E-state index is 11.8. The van der Waals surface area contributed by atoms with Gasteiger partial charge in [-0.2, -0.15) is 0 Å². The Morgan fingerprint density at radius 2 is 1.94 bits per heavy atom. The minimum atomic E-state index is 0.0369. The predicted molar refractivity (Wildman–Crippen MR) is 71.9 cm³/mol. The largest absolute Gasteiger partial charge is 0.349 e. The summed E-state index contributed by atoms with van der Waals surface area (Å²) in [6.45, 7) is 10.1. The van der Waals surface area contributed by atoms with Gasteiger partial charge in [-0.05, 0) is 31.4 Å². The quantitative estimate of drug-likeness (QED) is 0.847. The number of hydrogen-bond acceptors (Lipinski definition) is 1. The van der Waals surface area contributed by atoms with Crippen molar-refractivity contribution in [2.75, 3.05) is 0 Å². The molecule has 0 radical (unpaired) electrons. The fourth-order valence-corrected chi connectivity index (χ4v) is 1.95. The van der Waals surface area contributed by atoms with Crippen LogP contribution >= 0.6 is 0 Å². The molecule has 0 aromatic heterocycles. The maximum atomic E-state index is 11.8. The van der Waals surface area contributed by atoms with Crippen LogP contribution in [0, 0.1) is 19.8 Å². The molecule has 0 fully saturated rings. The fraction of sp³-hybridized carbons (Fsp3) is 0.533. The van der Waals surface area contributed by atoms with Gasteiger partial charge in [0, 0.05) is 5.92 Å². The Bertz CT molecular complexity index is 396. The summed E-state index contributed by atoms with van der Waals surface area (Å²) in [6, 6.07) is 6.52. The zero-order valence-electron chi connectivity index (χ0n) is 11.5. The van der Waals surface area contributed by atoms with Crippen LogP contribution in [0.15, 0.2) is 18.2 Å². The molecule has 1 amide bonds. The summed E-state index contributed by atoms with van der Waals surface area (Å²) in [5.74, 6) is 0.159. The van der Waals surface area contributed by atoms with Crippen molar-refractivity contribution in [1.82, 2.24) is 5.32 Å². The van der Waals surface area contributed by atoms with Gasteiger partial charge < -0.3 is 5.32 Å². The van der Waals surface area contributed by atoms with Gasteiger partial charge in [0.2, 0.25) is 5.91 Å². The van der Waals surface area contributed by atoms with Crippen molar-refractivity contribution >= 4 is 5.91 Å². The Hall–Kier alpha value is -1.31. The van der Waals surface area contributed by atoms with Gasteiger partial charge in [-0.3, -0.25) is 4.79 Å². The summed E-state index contributed by atoms with van der Waals surface area (Å²) in [5, 5.41) is 3.10. The standard InChI is InChI=1S/C15H23NO/c1-6-14(16-15(17)10(2)3)13-8-7-11(4)9-12(13)5/h7-10,14H,6H2,1-5H3,(H,16,17)/t14-/m0/s1. The van der Waals surface area contributed by atoms with E-state index in [4.69, 9.17) is 0 Å². The van der Waals surface area contributed by atoms with Crippen molar-refractivity contribution in [3.8, 4) is 0 Å². The number of benzene rings is 1. The maximum Gasteiger partial charge on any atom is 0.223 e. The topological polar surface area (TPSA) is 29.1 Å². The average Bonchev–Trinajstić information content (AvgIpc) is 2.26. The molecule has 1 aromatic carbocycles. The molecular weight excluding hydrogens is 210 g/mol. The monoisotopic (exact) mass is 233 g/mol. The van der Waals surface area contributed by atoms with Crippen LogP contribution in [-0.4, -0.2) is 5.91 Å². The van der Waals surface area contributed by atoms with E-state index in [0.29, 0.717) is 0 Å². The molecule has 0 heterocycles. The van der Waals surface area contributed by atoms with Crippen LogP contribution in [0.5, 0.6) is 0 Å². The Morgan fingerprint density at radius 1 is 1.29 bits per heavy atom. The Morgan fingerprint density at radius 3 is 2.41 bits per heavy atom. The van der Waals surface area contributed by atoms with Crippen LogP contribution in [0.2, 0.25) is 0 Å². The lowest BCUT2D eigenvalue weighted by Gasteiger charge is -2.21. The molecule has 94 valence electrons. The number of aryl methyl sites for hydroxylation is 2. The summed E-state index contributed by atoms with van der Waals surface area (Å²) in [4.78, 5) is 11.8. The molecular formula is C15H23NO. The fourth-order valence-electron chi connectivity index (χ4n) is 1.95. The zero-order chi connectivity index (χ0) is 13.0. The highest BCUT2D eigenvalue weighted by Crippen LogP contribution is 2.22. The van der Waals surface area contributed by atoms with Crippen molar-refractivity contribution < 1.29 is 4.79 Å². The van der Waals surface area contributed by atoms with Gasteiger partial charge in [0.1, 0.15) is 0 Å². The van der Waals surface area contributed by atoms with Crippen LogP contribution in [0.25, 0.3) is 0 Å². The van der Waals surface area contributed by atoms with E-state index >= 15 is 0 Å². The van der Waals surface area contributed by atoms with E-state index in [1.54, 1.807) is 0 Å². The van der Waals surface area contributed by atoms with E-state index in [2.05, 4.69) is 44.3 Å². The molecule has 1 rings (SSSR count). The molecule has 0 spiro atoms. The summed E-state index contributed by atoms with van der Waals surface area (Å²) >= 11 is 0. The summed E-state index contributed by atoms with van der Waals surface area (Å²) < 4.78 is 0. The Balaban J connectivity index is 2.90. The van der Waals surface area contributed by atoms with Crippen molar-refractivity contribution in [2.24, 2.45) is 5.92 Å². The van der Waals surface area contributed by atoms with Crippen molar-refractivity contribution in [3.05, 3.63) is 34.9 Å². The summed E-state index contributed by atoms with van der Waals surface area (Å²) in [7, 11) is 0. The second-order valence-corrected chi connectivity index (χ2v) is 4.98. The van der Waals surface area contributed by atoms with E-state index in [1.165, 1.54) is 16.7 Å². The molecule has 2 nitrogen and oxygen atoms in total. The van der Waals surface area contributed by atoms with Crippen LogP contribution in [0.4, 0.5) is 0 Å². The molecule has 0 bridgehead atoms. The lowest BCUT2D eigenvalue weighted by atomic mass is 9.97. The molecule has 1 atom stereocenters. The van der Waals surface area contributed by atoms with Gasteiger partial charge in [-0.25, -0.2) is 0 Å². The highest BCUT2D eigenvalue weighted by Gasteiger charge is 2.16. The number of amides is 1. The van der Waals surface area contributed by atoms with E-state index in [9.17, 15) is 4.79 Å². The smallest absolute Gasteiger partial charge is 0.223 e. The van der Waals surface area contributed by atoms with Crippen molar-refractivity contribution in [2.45, 2.75) is 47.1 Å². The molecule has 0 aliphatic carbocycles.